The Morgan fingerprint density at radius 2 is 1.89 bits per heavy atom. The van der Waals surface area contributed by atoms with Crippen LogP contribution in [0.1, 0.15) is 31.7 Å². The highest BCUT2D eigenvalue weighted by Crippen LogP contribution is 2.52. The molecule has 188 valence electrons. The molecule has 1 aliphatic rings. The number of aromatic nitrogens is 5. The Hall–Kier alpha value is -3.73. The molecule has 3 aromatic heterocycles. The van der Waals surface area contributed by atoms with Crippen molar-refractivity contribution in [2.45, 2.75) is 39.0 Å². The number of carbonyl (C=O) groups is 1. The standard InChI is InChI=1S/C25H29N7O3S/c1-13-12-32(5)31-21(13)15-7-8-17(19(9-15)36(6,34)35)28-18-10-20(29-23-22(18)26-14(2)27-23)30-24(33)16-11-25(16,3)4/h7-10,12,16H,11H2,1-6H3,(H3,26,27,28,29,30,33)/t16-/m0/s1. The van der Waals surface area contributed by atoms with Crippen molar-refractivity contribution in [1.29, 1.82) is 0 Å². The maximum Gasteiger partial charge on any atom is 0.229 e. The van der Waals surface area contributed by atoms with Crippen LogP contribution in [0.5, 0.6) is 0 Å². The molecule has 1 fully saturated rings. The largest absolute Gasteiger partial charge is 0.352 e. The van der Waals surface area contributed by atoms with E-state index >= 15 is 0 Å². The van der Waals surface area contributed by atoms with Crippen LogP contribution in [0.3, 0.4) is 0 Å². The molecule has 1 aromatic carbocycles. The number of benzene rings is 1. The van der Waals surface area contributed by atoms with Gasteiger partial charge in [-0.2, -0.15) is 5.10 Å². The van der Waals surface area contributed by atoms with Crippen LogP contribution in [0.15, 0.2) is 35.4 Å². The average Bonchev–Trinajstić information content (AvgIpc) is 3.06. The number of hydrogen-bond donors (Lipinski definition) is 3. The van der Waals surface area contributed by atoms with Gasteiger partial charge in [0.05, 0.1) is 22.0 Å². The summed E-state index contributed by atoms with van der Waals surface area (Å²) in [5, 5.41) is 10.6. The molecule has 3 N–H and O–H groups in total. The van der Waals surface area contributed by atoms with E-state index in [2.05, 4.69) is 44.5 Å². The average molecular weight is 508 g/mol. The monoisotopic (exact) mass is 507 g/mol. The lowest BCUT2D eigenvalue weighted by atomic mass is 10.1. The quantitative estimate of drug-likeness (QED) is 0.357. The molecule has 36 heavy (non-hydrogen) atoms. The zero-order valence-electron chi connectivity index (χ0n) is 21.1. The van der Waals surface area contributed by atoms with E-state index < -0.39 is 9.84 Å². The van der Waals surface area contributed by atoms with Gasteiger partial charge >= 0.3 is 0 Å². The summed E-state index contributed by atoms with van der Waals surface area (Å²) in [5.41, 5.74) is 4.30. The fourth-order valence-corrected chi connectivity index (χ4v) is 5.37. The smallest absolute Gasteiger partial charge is 0.229 e. The van der Waals surface area contributed by atoms with E-state index in [4.69, 9.17) is 0 Å². The Kier molecular flexibility index (Phi) is 5.43. The molecule has 1 atom stereocenters. The fourth-order valence-electron chi connectivity index (χ4n) is 4.51. The van der Waals surface area contributed by atoms with Gasteiger partial charge in [0.2, 0.25) is 5.91 Å². The van der Waals surface area contributed by atoms with E-state index in [1.807, 2.05) is 33.2 Å². The Morgan fingerprint density at radius 1 is 1.17 bits per heavy atom. The van der Waals surface area contributed by atoms with Crippen LogP contribution in [0, 0.1) is 25.2 Å². The Morgan fingerprint density at radius 3 is 2.50 bits per heavy atom. The number of pyridine rings is 1. The highest BCUT2D eigenvalue weighted by Gasteiger charge is 2.50. The van der Waals surface area contributed by atoms with Crippen LogP contribution in [-0.2, 0) is 21.7 Å². The number of nitrogens with zero attached hydrogens (tertiary/aromatic N) is 4. The number of rotatable bonds is 6. The number of carbonyl (C=O) groups excluding carboxylic acids is 1. The highest BCUT2D eigenvalue weighted by molar-refractivity contribution is 7.90. The number of nitrogens with one attached hydrogen (secondary N) is 3. The first-order chi connectivity index (χ1) is 16.8. The van der Waals surface area contributed by atoms with Gasteiger partial charge in [-0.1, -0.05) is 19.9 Å². The summed E-state index contributed by atoms with van der Waals surface area (Å²) in [4.78, 5) is 25.0. The van der Waals surface area contributed by atoms with Crippen LogP contribution in [-0.4, -0.2) is 45.3 Å². The molecular weight excluding hydrogens is 478 g/mol. The van der Waals surface area contributed by atoms with E-state index in [0.29, 0.717) is 39.7 Å². The van der Waals surface area contributed by atoms with Crippen LogP contribution >= 0.6 is 0 Å². The number of aromatic amines is 1. The van der Waals surface area contributed by atoms with E-state index in [0.717, 1.165) is 17.7 Å². The van der Waals surface area contributed by atoms with Gasteiger partial charge < -0.3 is 15.6 Å². The predicted octanol–water partition coefficient (Wildman–Crippen LogP) is 4.11. The Balaban J connectivity index is 1.56. The Labute approximate surface area is 209 Å². The molecule has 0 saturated heterocycles. The maximum absolute atomic E-state index is 12.8. The first-order valence-corrected chi connectivity index (χ1v) is 13.5. The van der Waals surface area contributed by atoms with Crippen molar-refractivity contribution in [2.24, 2.45) is 18.4 Å². The number of aryl methyl sites for hydroxylation is 3. The number of anilines is 3. The predicted molar refractivity (Wildman–Crippen MR) is 139 cm³/mol. The van der Waals surface area contributed by atoms with Crippen molar-refractivity contribution < 1.29 is 13.2 Å². The summed E-state index contributed by atoms with van der Waals surface area (Å²) >= 11 is 0. The summed E-state index contributed by atoms with van der Waals surface area (Å²) in [6.07, 6.45) is 3.88. The Bertz CT molecular complexity index is 1630. The minimum Gasteiger partial charge on any atom is -0.352 e. The second-order valence-corrected chi connectivity index (χ2v) is 12.2. The second-order valence-electron chi connectivity index (χ2n) is 10.3. The molecule has 0 unspecified atom stereocenters. The minimum atomic E-state index is -3.59. The van der Waals surface area contributed by atoms with Gasteiger partial charge in [-0.15, -0.1) is 0 Å². The summed E-state index contributed by atoms with van der Waals surface area (Å²) in [7, 11) is -1.77. The molecule has 1 amide bonds. The van der Waals surface area contributed by atoms with Crippen molar-refractivity contribution in [2.75, 3.05) is 16.9 Å². The van der Waals surface area contributed by atoms with Gasteiger partial charge in [0.15, 0.2) is 15.5 Å². The van der Waals surface area contributed by atoms with Crippen molar-refractivity contribution in [1.82, 2.24) is 24.7 Å². The first kappa shape index (κ1) is 24.0. The lowest BCUT2D eigenvalue weighted by Gasteiger charge is -2.14. The molecule has 10 nitrogen and oxygen atoms in total. The third-order valence-corrected chi connectivity index (χ3v) is 7.73. The van der Waals surface area contributed by atoms with Gasteiger partial charge in [-0.05, 0) is 43.4 Å². The second kappa shape index (κ2) is 8.16. The van der Waals surface area contributed by atoms with Gasteiger partial charge in [0.25, 0.3) is 0 Å². The van der Waals surface area contributed by atoms with Gasteiger partial charge in [0.1, 0.15) is 17.2 Å². The van der Waals surface area contributed by atoms with Crippen molar-refractivity contribution in [3.63, 3.8) is 0 Å². The van der Waals surface area contributed by atoms with Crippen molar-refractivity contribution in [3.05, 3.63) is 41.9 Å². The van der Waals surface area contributed by atoms with Crippen LogP contribution in [0.25, 0.3) is 22.4 Å². The third kappa shape index (κ3) is 4.46. The summed E-state index contributed by atoms with van der Waals surface area (Å²) in [6.45, 7) is 7.85. The summed E-state index contributed by atoms with van der Waals surface area (Å²) < 4.78 is 27.3. The van der Waals surface area contributed by atoms with Crippen molar-refractivity contribution in [3.8, 4) is 11.3 Å². The topological polar surface area (TPSA) is 135 Å². The molecule has 0 aliphatic heterocycles. The number of fused-ring (bicyclic) bond motifs is 1. The lowest BCUT2D eigenvalue weighted by molar-refractivity contribution is -0.118. The molecule has 5 rings (SSSR count). The third-order valence-electron chi connectivity index (χ3n) is 6.59. The van der Waals surface area contributed by atoms with E-state index in [1.54, 1.807) is 22.9 Å². The van der Waals surface area contributed by atoms with Crippen LogP contribution in [0.2, 0.25) is 0 Å². The summed E-state index contributed by atoms with van der Waals surface area (Å²) in [6, 6.07) is 6.85. The van der Waals surface area contributed by atoms with E-state index in [-0.39, 0.29) is 22.1 Å². The SMILES string of the molecule is Cc1nc2c(Nc3ccc(-c4nn(C)cc4C)cc3S(C)(=O)=O)cc(NC(=O)[C@@H]3CC3(C)C)nc2[nH]1. The molecule has 4 aromatic rings. The lowest BCUT2D eigenvalue weighted by Crippen LogP contribution is -2.17. The van der Waals surface area contributed by atoms with Crippen molar-refractivity contribution >= 4 is 44.1 Å². The maximum atomic E-state index is 12.8. The molecule has 3 heterocycles. The molecule has 11 heteroatoms. The van der Waals surface area contributed by atoms with Gasteiger partial charge in [-0.3, -0.25) is 9.48 Å². The number of imidazole rings is 1. The molecule has 1 aliphatic carbocycles. The van der Waals surface area contributed by atoms with E-state index in [1.165, 1.54) is 6.26 Å². The van der Waals surface area contributed by atoms with Gasteiger partial charge in [0, 0.05) is 37.0 Å². The minimum absolute atomic E-state index is 0.0159. The number of hydrogen-bond acceptors (Lipinski definition) is 7. The molecule has 1 saturated carbocycles. The zero-order valence-corrected chi connectivity index (χ0v) is 21.9. The highest BCUT2D eigenvalue weighted by atomic mass is 32.2. The van der Waals surface area contributed by atoms with Crippen LogP contribution in [0.4, 0.5) is 17.2 Å². The molecule has 0 bridgehead atoms. The molecule has 0 radical (unpaired) electrons. The molecular formula is C25H29N7O3S. The number of sulfone groups is 1. The summed E-state index contributed by atoms with van der Waals surface area (Å²) in [5.74, 6) is 0.870. The van der Waals surface area contributed by atoms with Crippen LogP contribution < -0.4 is 10.6 Å². The van der Waals surface area contributed by atoms with Gasteiger partial charge in [-0.25, -0.2) is 18.4 Å². The zero-order chi connectivity index (χ0) is 26.0. The number of amides is 1. The number of H-pyrrole nitrogens is 1. The van der Waals surface area contributed by atoms with E-state index in [9.17, 15) is 13.2 Å². The fraction of sp³-hybridized carbons (Fsp3) is 0.360. The first-order valence-electron chi connectivity index (χ1n) is 11.6. The normalized spacial score (nSPS) is 16.8. The molecule has 0 spiro atoms.